The zero-order valence-electron chi connectivity index (χ0n) is 9.61. The van der Waals surface area contributed by atoms with Crippen molar-refractivity contribution in [2.24, 2.45) is 0 Å². The minimum atomic E-state index is -1.23. The van der Waals surface area contributed by atoms with Gasteiger partial charge in [-0.25, -0.2) is 0 Å². The number of furan rings is 1. The molecule has 1 aromatic rings. The van der Waals surface area contributed by atoms with Crippen molar-refractivity contribution < 1.29 is 23.9 Å². The monoisotopic (exact) mass is 279 g/mol. The van der Waals surface area contributed by atoms with Gasteiger partial charge in [0.2, 0.25) is 0 Å². The normalized spacial score (nSPS) is 17.9. The van der Waals surface area contributed by atoms with E-state index < -0.39 is 23.7 Å². The summed E-state index contributed by atoms with van der Waals surface area (Å²) in [6, 6.07) is 3.46. The van der Waals surface area contributed by atoms with E-state index in [9.17, 15) is 14.4 Å². The fourth-order valence-electron chi connectivity index (χ4n) is 1.40. The highest BCUT2D eigenvalue weighted by Crippen LogP contribution is 2.30. The van der Waals surface area contributed by atoms with Gasteiger partial charge in [0.25, 0.3) is 11.1 Å². The van der Waals surface area contributed by atoms with E-state index >= 15 is 0 Å². The number of hydrogen-bond donors (Lipinski definition) is 1. The zero-order valence-corrected chi connectivity index (χ0v) is 10.4. The van der Waals surface area contributed by atoms with E-state index in [-0.39, 0.29) is 4.91 Å². The zero-order chi connectivity index (χ0) is 13.8. The van der Waals surface area contributed by atoms with Crippen LogP contribution in [-0.2, 0) is 9.59 Å². The number of amides is 2. The van der Waals surface area contributed by atoms with Crippen molar-refractivity contribution in [2.45, 2.75) is 0 Å². The number of thioether (sulfide) groups is 1. The largest absolute Gasteiger partial charge is 0.480 e. The Bertz CT molecular complexity index is 573. The molecule has 7 heteroatoms. The lowest BCUT2D eigenvalue weighted by Crippen LogP contribution is -2.33. The van der Waals surface area contributed by atoms with E-state index in [1.807, 2.05) is 0 Å². The molecule has 1 saturated heterocycles. The second-order valence-corrected chi connectivity index (χ2v) is 4.55. The van der Waals surface area contributed by atoms with Crippen molar-refractivity contribution in [3.8, 4) is 0 Å². The Kier molecular flexibility index (Phi) is 3.86. The quantitative estimate of drug-likeness (QED) is 0.847. The molecule has 1 fully saturated rings. The maximum absolute atomic E-state index is 11.7. The van der Waals surface area contributed by atoms with E-state index in [1.54, 1.807) is 24.3 Å². The van der Waals surface area contributed by atoms with Crippen molar-refractivity contribution in [1.29, 1.82) is 0 Å². The number of aliphatic carboxylic acids is 1. The van der Waals surface area contributed by atoms with Crippen LogP contribution in [0.15, 0.2) is 39.9 Å². The Hall–Kier alpha value is -2.28. The van der Waals surface area contributed by atoms with Crippen molar-refractivity contribution in [2.75, 3.05) is 6.54 Å². The fraction of sp³-hybridized carbons (Fsp3) is 0.0833. The minimum absolute atomic E-state index is 0.189. The Balaban J connectivity index is 2.08. The molecule has 98 valence electrons. The first-order chi connectivity index (χ1) is 9.08. The van der Waals surface area contributed by atoms with E-state index in [1.165, 1.54) is 12.3 Å². The molecule has 0 bridgehead atoms. The van der Waals surface area contributed by atoms with E-state index in [2.05, 4.69) is 0 Å². The van der Waals surface area contributed by atoms with Gasteiger partial charge in [-0.2, -0.15) is 0 Å². The van der Waals surface area contributed by atoms with Crippen LogP contribution < -0.4 is 0 Å². The molecule has 1 aromatic heterocycles. The van der Waals surface area contributed by atoms with Crippen LogP contribution >= 0.6 is 11.8 Å². The summed E-state index contributed by atoms with van der Waals surface area (Å²) in [5.41, 5.74) is 0. The summed E-state index contributed by atoms with van der Waals surface area (Å²) in [7, 11) is 0. The summed E-state index contributed by atoms with van der Waals surface area (Å²) in [5.74, 6) is -1.21. The van der Waals surface area contributed by atoms with Gasteiger partial charge in [-0.3, -0.25) is 19.3 Å². The number of hydrogen-bond acceptors (Lipinski definition) is 5. The number of rotatable bonds is 4. The maximum Gasteiger partial charge on any atom is 0.323 e. The third-order valence-corrected chi connectivity index (χ3v) is 3.14. The second kappa shape index (κ2) is 5.57. The minimum Gasteiger partial charge on any atom is -0.480 e. The summed E-state index contributed by atoms with van der Waals surface area (Å²) >= 11 is 0.714. The number of carbonyl (C=O) groups is 3. The van der Waals surface area contributed by atoms with Gasteiger partial charge in [0, 0.05) is 0 Å². The average molecular weight is 279 g/mol. The highest BCUT2D eigenvalue weighted by molar-refractivity contribution is 8.18. The van der Waals surface area contributed by atoms with Crippen LogP contribution in [0.4, 0.5) is 4.79 Å². The Labute approximate surface area is 112 Å². The number of carboxylic acid groups (broad SMARTS) is 1. The first-order valence-corrected chi connectivity index (χ1v) is 6.07. The van der Waals surface area contributed by atoms with E-state index in [0.717, 1.165) is 0 Å². The molecule has 0 unspecified atom stereocenters. The fourth-order valence-corrected chi connectivity index (χ4v) is 2.19. The summed E-state index contributed by atoms with van der Waals surface area (Å²) in [6.07, 6.45) is 6.16. The summed E-state index contributed by atoms with van der Waals surface area (Å²) in [5, 5.41) is 8.02. The molecular weight excluding hydrogens is 270 g/mol. The van der Waals surface area contributed by atoms with E-state index in [0.29, 0.717) is 22.4 Å². The Morgan fingerprint density at radius 1 is 1.47 bits per heavy atom. The van der Waals surface area contributed by atoms with Crippen LogP contribution in [0.1, 0.15) is 5.76 Å². The molecule has 0 saturated carbocycles. The first kappa shape index (κ1) is 13.2. The second-order valence-electron chi connectivity index (χ2n) is 3.56. The van der Waals surface area contributed by atoms with Gasteiger partial charge in [-0.05, 0) is 36.0 Å². The van der Waals surface area contributed by atoms with Crippen LogP contribution in [0, 0.1) is 0 Å². The van der Waals surface area contributed by atoms with Gasteiger partial charge in [-0.15, -0.1) is 0 Å². The molecule has 1 aliphatic heterocycles. The number of carbonyl (C=O) groups excluding carboxylic acids is 2. The van der Waals surface area contributed by atoms with Crippen LogP contribution in [0.25, 0.3) is 6.08 Å². The topological polar surface area (TPSA) is 87.8 Å². The number of allylic oxidation sites excluding steroid dienone is 2. The lowest BCUT2D eigenvalue weighted by atomic mass is 10.3. The third kappa shape index (κ3) is 3.14. The van der Waals surface area contributed by atoms with Gasteiger partial charge in [0.15, 0.2) is 0 Å². The van der Waals surface area contributed by atoms with Crippen molar-refractivity contribution in [1.82, 2.24) is 4.90 Å². The summed E-state index contributed by atoms with van der Waals surface area (Å²) in [4.78, 5) is 34.6. The van der Waals surface area contributed by atoms with Gasteiger partial charge < -0.3 is 9.52 Å². The SMILES string of the molecule is O=C(O)CN1C(=O)SC(=CC=Cc2ccco2)C1=O. The van der Waals surface area contributed by atoms with Gasteiger partial charge in [0.1, 0.15) is 12.3 Å². The molecule has 1 aliphatic rings. The molecule has 6 nitrogen and oxygen atoms in total. The molecule has 0 atom stereocenters. The first-order valence-electron chi connectivity index (χ1n) is 5.25. The number of nitrogens with zero attached hydrogens (tertiary/aromatic N) is 1. The molecular formula is C12H9NO5S. The number of carboxylic acids is 1. The predicted octanol–water partition coefficient (Wildman–Crippen LogP) is 1.96. The van der Waals surface area contributed by atoms with Crippen molar-refractivity contribution in [3.05, 3.63) is 41.2 Å². The van der Waals surface area contributed by atoms with Crippen LogP contribution in [-0.4, -0.2) is 33.7 Å². The molecule has 2 heterocycles. The van der Waals surface area contributed by atoms with Gasteiger partial charge in [-0.1, -0.05) is 6.08 Å². The molecule has 0 spiro atoms. The lowest BCUT2D eigenvalue weighted by Gasteiger charge is -2.07. The van der Waals surface area contributed by atoms with Crippen LogP contribution in [0.3, 0.4) is 0 Å². The molecule has 2 amide bonds. The summed E-state index contributed by atoms with van der Waals surface area (Å²) < 4.78 is 5.06. The van der Waals surface area contributed by atoms with Crippen molar-refractivity contribution in [3.63, 3.8) is 0 Å². The maximum atomic E-state index is 11.7. The van der Waals surface area contributed by atoms with Crippen molar-refractivity contribution >= 4 is 35.0 Å². The third-order valence-electron chi connectivity index (χ3n) is 2.22. The molecule has 19 heavy (non-hydrogen) atoms. The molecule has 2 rings (SSSR count). The molecule has 1 N–H and O–H groups in total. The molecule has 0 aliphatic carbocycles. The smallest absolute Gasteiger partial charge is 0.323 e. The van der Waals surface area contributed by atoms with E-state index in [4.69, 9.17) is 9.52 Å². The van der Waals surface area contributed by atoms with Gasteiger partial charge in [0.05, 0.1) is 11.2 Å². The Morgan fingerprint density at radius 2 is 2.26 bits per heavy atom. The predicted molar refractivity (Wildman–Crippen MR) is 68.2 cm³/mol. The van der Waals surface area contributed by atoms with Gasteiger partial charge >= 0.3 is 5.97 Å². The molecule has 0 radical (unpaired) electrons. The van der Waals surface area contributed by atoms with Crippen LogP contribution in [0.5, 0.6) is 0 Å². The molecule has 0 aromatic carbocycles. The van der Waals surface area contributed by atoms with Crippen LogP contribution in [0.2, 0.25) is 0 Å². The highest BCUT2D eigenvalue weighted by atomic mass is 32.2. The summed E-state index contributed by atoms with van der Waals surface area (Å²) in [6.45, 7) is -0.621. The number of imide groups is 1. The highest BCUT2D eigenvalue weighted by Gasteiger charge is 2.35. The Morgan fingerprint density at radius 3 is 2.89 bits per heavy atom. The lowest BCUT2D eigenvalue weighted by molar-refractivity contribution is -0.140. The average Bonchev–Trinajstić information content (AvgIpc) is 2.94. The standard InChI is InChI=1S/C12H9NO5S/c14-10(15)7-13-11(16)9(19-12(13)17)5-1-3-8-4-2-6-18-8/h1-6H,7H2,(H,14,15).